The van der Waals surface area contributed by atoms with E-state index in [1.54, 1.807) is 0 Å². The first-order chi connectivity index (χ1) is 13.9. The van der Waals surface area contributed by atoms with Crippen LogP contribution >= 0.6 is 74.5 Å². The van der Waals surface area contributed by atoms with Crippen LogP contribution in [-0.4, -0.2) is 28.8 Å². The average molecular weight is 991 g/mol. The van der Waals surface area contributed by atoms with E-state index >= 15 is 0 Å². The Balaban J connectivity index is -0.000000400. The molecular weight excluding hydrogens is 959 g/mol. The molecule has 0 aliphatic carbocycles. The average Bonchev–Trinajstić information content (AvgIpc) is 2.54. The van der Waals surface area contributed by atoms with E-state index in [0.717, 1.165) is 12.8 Å². The third-order valence-electron chi connectivity index (χ3n) is 3.79. The van der Waals surface area contributed by atoms with Gasteiger partial charge in [-0.2, -0.15) is 0 Å². The van der Waals surface area contributed by atoms with Crippen LogP contribution in [0.15, 0.2) is 0 Å². The first-order valence-corrected chi connectivity index (χ1v) is 28.1. The molecule has 4 N–H and O–H groups in total. The van der Waals surface area contributed by atoms with Gasteiger partial charge in [-0.3, -0.25) is 24.5 Å². The molecule has 180 valence electrons. The van der Waals surface area contributed by atoms with Crippen molar-refractivity contribution in [2.75, 3.05) is 0 Å². The molecule has 1 rings (SSSR count). The minimum atomic E-state index is -0.869. The second-order valence-corrected chi connectivity index (χ2v) is 23.9. The summed E-state index contributed by atoms with van der Waals surface area (Å²) in [5, 5.41) is 10.9. The number of primary amides is 1. The van der Waals surface area contributed by atoms with Crippen molar-refractivity contribution >= 4 is 98.2 Å². The Morgan fingerprint density at radius 1 is 1.07 bits per heavy atom. The minimum absolute atomic E-state index is 0.0289. The fourth-order valence-corrected chi connectivity index (χ4v) is 3.12. The molecule has 7 nitrogen and oxygen atoms in total. The molecule has 0 spiro atoms. The molecule has 0 aromatic rings. The SMILES string of the molecule is CC(C)CC1CC(=O)NC(=O)C1.CC(C)C[C@H](CC(N)=O)CC(=O)O.II.I[I-]I. The quantitative estimate of drug-likeness (QED) is 0.255. The number of hydrogen-bond donors (Lipinski definition) is 3. The van der Waals surface area contributed by atoms with Gasteiger partial charge in [0.1, 0.15) is 0 Å². The van der Waals surface area contributed by atoms with Crippen LogP contribution in [0.4, 0.5) is 0 Å². The molecule has 0 bridgehead atoms. The molecular formula is C18H32I5N2O5-. The van der Waals surface area contributed by atoms with E-state index in [-0.39, 0.29) is 36.5 Å². The standard InChI is InChI=1S/C9H17NO3.C9H15NO2.I3.I2/c1-6(2)3-7(4-8(10)11)5-9(12)13;1-6(2)3-7-4-8(11)10-9(12)5-7;1-3-2;1-2/h6-7H,3-5H2,1-2H3,(H2,10,11)(H,12,13);6-7H,3-5H2,1-2H3,(H,10,11,12);;/q;;-1;/t7-;;;/m1.../s1. The van der Waals surface area contributed by atoms with Gasteiger partial charge in [0.25, 0.3) is 0 Å². The van der Waals surface area contributed by atoms with E-state index in [4.69, 9.17) is 10.8 Å². The Morgan fingerprint density at radius 2 is 1.50 bits per heavy atom. The van der Waals surface area contributed by atoms with Gasteiger partial charge in [0, 0.05) is 62.9 Å². The fourth-order valence-electron chi connectivity index (χ4n) is 3.12. The monoisotopic (exact) mass is 991 g/mol. The summed E-state index contributed by atoms with van der Waals surface area (Å²) in [6, 6.07) is 0. The zero-order valence-electron chi connectivity index (χ0n) is 17.6. The zero-order valence-corrected chi connectivity index (χ0v) is 28.4. The maximum absolute atomic E-state index is 10.9. The number of nitrogens with one attached hydrogen (secondary N) is 1. The summed E-state index contributed by atoms with van der Waals surface area (Å²) >= 11 is 9.54. The van der Waals surface area contributed by atoms with Crippen LogP contribution in [0.3, 0.4) is 0 Å². The Labute approximate surface area is 233 Å². The van der Waals surface area contributed by atoms with Crippen molar-refractivity contribution in [1.82, 2.24) is 5.32 Å². The van der Waals surface area contributed by atoms with Gasteiger partial charge in [0.15, 0.2) is 0 Å². The molecule has 12 heteroatoms. The number of carboxylic acids is 1. The summed E-state index contributed by atoms with van der Waals surface area (Å²) in [5.74, 6) is -0.411. The molecule has 1 fully saturated rings. The Kier molecular flexibility index (Phi) is 28.9. The Bertz CT molecular complexity index is 475. The van der Waals surface area contributed by atoms with Crippen molar-refractivity contribution < 1.29 is 37.5 Å². The number of rotatable bonds is 8. The van der Waals surface area contributed by atoms with Crippen LogP contribution in [0, 0.1) is 23.7 Å². The maximum atomic E-state index is 10.9. The molecule has 30 heavy (non-hydrogen) atoms. The summed E-state index contributed by atoms with van der Waals surface area (Å²) in [5.41, 5.74) is 5.01. The number of carboxylic acid groups (broad SMARTS) is 1. The van der Waals surface area contributed by atoms with Gasteiger partial charge in [0.2, 0.25) is 17.7 Å². The molecule has 0 aromatic carbocycles. The molecule has 0 aromatic heterocycles. The van der Waals surface area contributed by atoms with Crippen molar-refractivity contribution in [2.24, 2.45) is 29.4 Å². The molecule has 1 heterocycles. The van der Waals surface area contributed by atoms with Crippen LogP contribution in [0.5, 0.6) is 0 Å². The predicted octanol–water partition coefficient (Wildman–Crippen LogP) is 2.63. The number of aliphatic carboxylic acids is 1. The summed E-state index contributed by atoms with van der Waals surface area (Å²) in [7, 11) is 0. The van der Waals surface area contributed by atoms with Crippen molar-refractivity contribution in [3.63, 3.8) is 0 Å². The van der Waals surface area contributed by atoms with Crippen LogP contribution in [-0.2, 0) is 19.2 Å². The van der Waals surface area contributed by atoms with Crippen LogP contribution in [0.1, 0.15) is 66.2 Å². The number of amides is 3. The summed E-state index contributed by atoms with van der Waals surface area (Å²) in [6.45, 7) is 8.21. The third-order valence-corrected chi connectivity index (χ3v) is 3.79. The summed E-state index contributed by atoms with van der Waals surface area (Å²) in [6.07, 6.45) is 2.94. The van der Waals surface area contributed by atoms with Crippen molar-refractivity contribution in [1.29, 1.82) is 0 Å². The second-order valence-electron chi connectivity index (χ2n) is 7.69. The number of carbonyl (C=O) groups is 4. The van der Waals surface area contributed by atoms with E-state index < -0.39 is 11.9 Å². The van der Waals surface area contributed by atoms with Crippen LogP contribution in [0.2, 0.25) is 0 Å². The Hall–Kier alpha value is 1.73. The number of nitrogens with two attached hydrogens (primary N) is 1. The normalized spacial score (nSPS) is 14.5. The van der Waals surface area contributed by atoms with Crippen molar-refractivity contribution in [3.05, 3.63) is 0 Å². The number of imide groups is 1. The molecule has 1 atom stereocenters. The van der Waals surface area contributed by atoms with E-state index in [1.165, 1.54) is 0 Å². The van der Waals surface area contributed by atoms with Crippen LogP contribution < -0.4 is 24.3 Å². The summed E-state index contributed by atoms with van der Waals surface area (Å²) in [4.78, 5) is 42.9. The second kappa shape index (κ2) is 23.9. The van der Waals surface area contributed by atoms with Gasteiger partial charge < -0.3 is 10.8 Å². The number of halogens is 5. The first kappa shape index (κ1) is 36.3. The molecule has 1 saturated heterocycles. The Morgan fingerprint density at radius 3 is 1.80 bits per heavy atom. The molecule has 3 amide bonds. The van der Waals surface area contributed by atoms with Crippen molar-refractivity contribution in [3.8, 4) is 0 Å². The van der Waals surface area contributed by atoms with Gasteiger partial charge in [-0.15, -0.1) is 0 Å². The number of piperidine rings is 1. The molecule has 0 radical (unpaired) electrons. The van der Waals surface area contributed by atoms with E-state index in [2.05, 4.69) is 93.6 Å². The third kappa shape index (κ3) is 27.8. The zero-order chi connectivity index (χ0) is 24.3. The first-order valence-electron chi connectivity index (χ1n) is 9.25. The van der Waals surface area contributed by atoms with Gasteiger partial charge in [-0.25, -0.2) is 0 Å². The number of carbonyl (C=O) groups excluding carboxylic acids is 3. The van der Waals surface area contributed by atoms with E-state index in [0.29, 0.717) is 37.9 Å². The van der Waals surface area contributed by atoms with E-state index in [9.17, 15) is 19.2 Å². The molecule has 1 aliphatic rings. The van der Waals surface area contributed by atoms with Crippen LogP contribution in [0.25, 0.3) is 0 Å². The molecule has 0 unspecified atom stereocenters. The topological polar surface area (TPSA) is 127 Å². The van der Waals surface area contributed by atoms with Gasteiger partial charge in [0.05, 0.1) is 0 Å². The fraction of sp³-hybridized carbons (Fsp3) is 0.778. The predicted molar refractivity (Wildman–Crippen MR) is 150 cm³/mol. The van der Waals surface area contributed by atoms with Gasteiger partial charge >= 0.3 is 56.5 Å². The summed E-state index contributed by atoms with van der Waals surface area (Å²) < 4.78 is 0. The molecule has 1 aliphatic heterocycles. The molecule has 0 saturated carbocycles. The van der Waals surface area contributed by atoms with E-state index in [1.807, 2.05) is 13.8 Å². The van der Waals surface area contributed by atoms with Gasteiger partial charge in [-0.05, 0) is 36.5 Å². The van der Waals surface area contributed by atoms with Gasteiger partial charge in [-0.1, -0.05) is 27.7 Å². The number of hydrogen-bond acceptors (Lipinski definition) is 4. The van der Waals surface area contributed by atoms with Crippen molar-refractivity contribution in [2.45, 2.75) is 66.2 Å².